The van der Waals surface area contributed by atoms with E-state index in [1.54, 1.807) is 42.5 Å². The van der Waals surface area contributed by atoms with Crippen molar-refractivity contribution in [3.8, 4) is 22.6 Å². The van der Waals surface area contributed by atoms with Gasteiger partial charge in [-0.25, -0.2) is 0 Å². The summed E-state index contributed by atoms with van der Waals surface area (Å²) in [5.74, 6) is 0.171. The molecule has 0 amide bonds. The molecule has 2 aliphatic carbocycles. The minimum Gasteiger partial charge on any atom is -0.504 e. The molecule has 0 atom stereocenters. The molecule has 97 heavy (non-hydrogen) atoms. The predicted molar refractivity (Wildman–Crippen MR) is 427 cm³/mol. The highest BCUT2D eigenvalue weighted by atomic mass is 16.5. The number of fused-ring (bicyclic) bond motifs is 7. The maximum Gasteiger partial charge on any atom is 0.220 e. The van der Waals surface area contributed by atoms with E-state index in [0.717, 1.165) is 0 Å². The van der Waals surface area contributed by atoms with Gasteiger partial charge in [0.2, 0.25) is 10.9 Å². The second-order valence-corrected chi connectivity index (χ2v) is 22.8. The lowest BCUT2D eigenvalue weighted by molar-refractivity contribution is 0.411. The van der Waals surface area contributed by atoms with Gasteiger partial charge in [-0.2, -0.15) is 0 Å². The maximum absolute atomic E-state index is 10.9. The summed E-state index contributed by atoms with van der Waals surface area (Å²) in [4.78, 5) is 21.5. The first kappa shape index (κ1) is 65.6. The summed E-state index contributed by atoms with van der Waals surface area (Å²) in [6.45, 7) is 20.0. The van der Waals surface area contributed by atoms with Crippen LogP contribution in [0.25, 0.3) is 173 Å². The van der Waals surface area contributed by atoms with Crippen LogP contribution >= 0.6 is 0 Å². The summed E-state index contributed by atoms with van der Waals surface area (Å²) >= 11 is 0. The van der Waals surface area contributed by atoms with Gasteiger partial charge in [0.1, 0.15) is 0 Å². The molecule has 21 rings (SSSR count). The van der Waals surface area contributed by atoms with Crippen LogP contribution in [0.2, 0.25) is 0 Å². The normalized spacial score (nSPS) is 11.0. The van der Waals surface area contributed by atoms with Crippen molar-refractivity contribution in [1.29, 1.82) is 0 Å². The fourth-order valence-corrected chi connectivity index (χ4v) is 14.9. The van der Waals surface area contributed by atoms with Crippen LogP contribution in [0, 0.1) is 0 Å². The van der Waals surface area contributed by atoms with E-state index in [2.05, 4.69) is 212 Å². The lowest BCUT2D eigenvalue weighted by Crippen LogP contribution is -1.99. The highest BCUT2D eigenvalue weighted by Gasteiger charge is 2.31. The second-order valence-electron chi connectivity index (χ2n) is 22.8. The molecule has 0 spiro atoms. The fraction of sp³-hybridized carbons (Fsp3) is 0.118. The Balaban J connectivity index is 0.000000134. The van der Waals surface area contributed by atoms with Gasteiger partial charge in [-0.1, -0.05) is 324 Å². The van der Waals surface area contributed by atoms with Crippen molar-refractivity contribution in [3.63, 3.8) is 0 Å². The zero-order valence-corrected chi connectivity index (χ0v) is 57.2. The summed E-state index contributed by atoms with van der Waals surface area (Å²) in [6, 6.07) is 96.5. The first-order chi connectivity index (χ1) is 47.9. The minimum atomic E-state index is -0.347. The van der Waals surface area contributed by atoms with Gasteiger partial charge < -0.3 is 9.84 Å². The Hall–Kier alpha value is -11.5. The Kier molecular flexibility index (Phi) is 19.4. The van der Waals surface area contributed by atoms with Crippen molar-refractivity contribution in [2.24, 2.45) is 0 Å². The van der Waals surface area contributed by atoms with Gasteiger partial charge in [-0.15, -0.1) is 0 Å². The molecule has 4 nitrogen and oxygen atoms in total. The molecule has 476 valence electrons. The Bertz CT molecular complexity index is 5340. The third-order valence-electron chi connectivity index (χ3n) is 18.3. The number of hydrogen-bond acceptors (Lipinski definition) is 4. The third-order valence-corrected chi connectivity index (χ3v) is 18.3. The lowest BCUT2D eigenvalue weighted by atomic mass is 9.73. The molecule has 0 saturated carbocycles. The molecule has 19 aromatic rings. The van der Waals surface area contributed by atoms with E-state index in [1.807, 2.05) is 75.3 Å². The van der Waals surface area contributed by atoms with E-state index in [9.17, 15) is 9.59 Å². The highest BCUT2D eigenvalue weighted by Crippen LogP contribution is 2.60. The van der Waals surface area contributed by atoms with Crippen LogP contribution < -0.4 is 15.6 Å². The number of methoxy groups -OCH3 is 1. The molecular weight excluding hydrogens is 1180 g/mol. The quantitative estimate of drug-likeness (QED) is 0.131. The van der Waals surface area contributed by atoms with E-state index >= 15 is 0 Å². The van der Waals surface area contributed by atoms with Gasteiger partial charge >= 0.3 is 0 Å². The van der Waals surface area contributed by atoms with Crippen molar-refractivity contribution in [1.82, 2.24) is 0 Å². The molecule has 0 bridgehead atoms. The maximum atomic E-state index is 10.9. The molecule has 0 unspecified atom stereocenters. The number of benzene rings is 17. The van der Waals surface area contributed by atoms with Crippen LogP contribution in [0.15, 0.2) is 289 Å². The second kappa shape index (κ2) is 28.6. The number of hydrogen-bond donors (Lipinski definition) is 1. The van der Waals surface area contributed by atoms with Crippen LogP contribution in [0.1, 0.15) is 69.2 Å². The zero-order valence-electron chi connectivity index (χ0n) is 57.2. The summed E-state index contributed by atoms with van der Waals surface area (Å²) < 4.78 is 4.79. The van der Waals surface area contributed by atoms with Crippen molar-refractivity contribution < 1.29 is 9.84 Å². The molecular formula is C93H80O4. The van der Waals surface area contributed by atoms with Crippen molar-refractivity contribution >= 4 is 162 Å². The zero-order chi connectivity index (χ0) is 68.0. The standard InChI is InChI=1S/C42H18.C16H10.C10H8.C8H8O2.C7H6O2.5C2H6/c1-7-19-21-9-2-11-23-25-13-4-15-27-29-17-6-18-30-28-16-5-14-26-24-12-3-10-22-20(8-1)31(19)37-38(32(21)23)40(34(25)27)42(36(29)30)41(35(26)28)39(37)33(22)24;1-3-11-7-9-13-5-2-6-14-10-8-12(4-1)15(11)16(13)14;1-2-5-9-7-4-8-10(9)6-3-1;1-10-8-6-4-2-3-5-7(8)9;8-6-4-2-1-3-5-7(6)9;5*1-2/h1-18H;1-10H;1-8H;2-6H,1H3;1-5H,(H,8,9);5*1-2H3. The summed E-state index contributed by atoms with van der Waals surface area (Å²) in [6.07, 6.45) is 0. The predicted octanol–water partition coefficient (Wildman–Crippen LogP) is 26.5. The fourth-order valence-electron chi connectivity index (χ4n) is 14.9. The Labute approximate surface area is 566 Å². The van der Waals surface area contributed by atoms with Crippen LogP contribution in [-0.2, 0) is 0 Å². The van der Waals surface area contributed by atoms with Crippen LogP contribution in [-0.4, -0.2) is 12.2 Å². The van der Waals surface area contributed by atoms with Gasteiger partial charge in [0, 0.05) is 0 Å². The monoisotopic (exact) mass is 1260 g/mol. The van der Waals surface area contributed by atoms with Gasteiger partial charge in [0.05, 0.1) is 7.11 Å². The Morgan fingerprint density at radius 2 is 0.423 bits per heavy atom. The van der Waals surface area contributed by atoms with Gasteiger partial charge in [0.25, 0.3) is 0 Å². The average Bonchev–Trinajstić information content (AvgIpc) is 1.16. The van der Waals surface area contributed by atoms with Crippen molar-refractivity contribution in [2.75, 3.05) is 7.11 Å². The smallest absolute Gasteiger partial charge is 0.220 e. The Morgan fingerprint density at radius 1 is 0.206 bits per heavy atom. The van der Waals surface area contributed by atoms with Gasteiger partial charge in [-0.05, 0) is 197 Å². The highest BCUT2D eigenvalue weighted by molar-refractivity contribution is 6.61. The third kappa shape index (κ3) is 10.8. The van der Waals surface area contributed by atoms with E-state index in [1.165, 1.54) is 198 Å². The molecule has 19 aromatic carbocycles. The molecule has 0 radical (unpaired) electrons. The van der Waals surface area contributed by atoms with E-state index in [4.69, 9.17) is 9.84 Å². The van der Waals surface area contributed by atoms with Crippen LogP contribution in [0.4, 0.5) is 0 Å². The molecule has 4 heteroatoms. The molecule has 0 heterocycles. The van der Waals surface area contributed by atoms with Gasteiger partial charge in [-0.3, -0.25) is 9.59 Å². The molecule has 0 fully saturated rings. The van der Waals surface area contributed by atoms with Crippen molar-refractivity contribution in [3.05, 3.63) is 299 Å². The molecule has 1 N–H and O–H groups in total. The summed E-state index contributed by atoms with van der Waals surface area (Å²) in [5, 5.41) is 50.9. The molecule has 0 aromatic heterocycles. The first-order valence-corrected chi connectivity index (χ1v) is 34.5. The number of aromatic hydroxyl groups is 1. The molecule has 0 aliphatic heterocycles. The van der Waals surface area contributed by atoms with Crippen LogP contribution in [0.3, 0.4) is 0 Å². The largest absolute Gasteiger partial charge is 0.504 e. The summed E-state index contributed by atoms with van der Waals surface area (Å²) in [5.41, 5.74) is 2.18. The van der Waals surface area contributed by atoms with E-state index in [0.29, 0.717) is 5.75 Å². The first-order valence-electron chi connectivity index (χ1n) is 34.5. The number of ether oxygens (including phenoxy) is 1. The van der Waals surface area contributed by atoms with E-state index < -0.39 is 0 Å². The van der Waals surface area contributed by atoms with Crippen molar-refractivity contribution in [2.45, 2.75) is 69.2 Å². The summed E-state index contributed by atoms with van der Waals surface area (Å²) in [7, 11) is 1.48. The Morgan fingerprint density at radius 3 is 0.701 bits per heavy atom. The topological polar surface area (TPSA) is 63.6 Å². The average molecular weight is 1260 g/mol. The SMILES string of the molecule is CC.CC.CC.CC.CC.COc1cccccc1=O.O=c1cccccc1O.c1cc2c3cccc4c5cccc6c7cccc8c9cccc%10c%11cccc%12c(c1)c2c1c(c34)c(c56)c(c78)c(c%109)c1c%12%11.c1cc2ccc3cccc4ccc(c1)c2c34.c1ccc2cccc-2cc1. The minimum absolute atomic E-state index is 0.0903. The van der Waals surface area contributed by atoms with Crippen LogP contribution in [0.5, 0.6) is 11.5 Å². The van der Waals surface area contributed by atoms with Gasteiger partial charge in [0.15, 0.2) is 11.5 Å². The molecule has 0 saturated heterocycles. The molecule has 2 aliphatic rings. The van der Waals surface area contributed by atoms with E-state index in [-0.39, 0.29) is 16.6 Å². The lowest BCUT2D eigenvalue weighted by Gasteiger charge is -2.29. The number of rotatable bonds is 1.